The summed E-state index contributed by atoms with van der Waals surface area (Å²) >= 11 is 0. The van der Waals surface area contributed by atoms with Crippen LogP contribution in [0.25, 0.3) is 10.9 Å². The molecule has 20 heavy (non-hydrogen) atoms. The van der Waals surface area contributed by atoms with E-state index in [9.17, 15) is 4.79 Å². The number of rotatable bonds is 5. The summed E-state index contributed by atoms with van der Waals surface area (Å²) < 4.78 is 5.51. The Morgan fingerprint density at radius 2 is 2.05 bits per heavy atom. The van der Waals surface area contributed by atoms with Crippen LogP contribution in [0.3, 0.4) is 0 Å². The van der Waals surface area contributed by atoms with Crippen molar-refractivity contribution in [3.8, 4) is 0 Å². The van der Waals surface area contributed by atoms with Crippen LogP contribution in [0.1, 0.15) is 31.4 Å². The van der Waals surface area contributed by atoms with Crippen molar-refractivity contribution in [1.29, 1.82) is 0 Å². The van der Waals surface area contributed by atoms with Crippen LogP contribution in [0.5, 0.6) is 0 Å². The van der Waals surface area contributed by atoms with Gasteiger partial charge in [-0.25, -0.2) is 0 Å². The van der Waals surface area contributed by atoms with Crippen molar-refractivity contribution in [3.63, 3.8) is 0 Å². The molecule has 1 saturated carbocycles. The van der Waals surface area contributed by atoms with Gasteiger partial charge in [-0.05, 0) is 31.4 Å². The number of carbonyl (C=O) groups excluding carboxylic acids is 1. The Bertz CT molecular complexity index is 626. The Morgan fingerprint density at radius 1 is 1.25 bits per heavy atom. The lowest BCUT2D eigenvalue weighted by atomic mass is 9.76. The molecule has 104 valence electrons. The third kappa shape index (κ3) is 2.59. The van der Waals surface area contributed by atoms with E-state index in [-0.39, 0.29) is 11.4 Å². The van der Waals surface area contributed by atoms with Crippen molar-refractivity contribution in [3.05, 3.63) is 42.1 Å². The fraction of sp³-hybridized carbons (Fsp3) is 0.412. The van der Waals surface area contributed by atoms with E-state index in [1.165, 1.54) is 0 Å². The van der Waals surface area contributed by atoms with Crippen LogP contribution in [0.4, 0.5) is 0 Å². The van der Waals surface area contributed by atoms with Crippen molar-refractivity contribution < 1.29 is 9.53 Å². The Kier molecular flexibility index (Phi) is 3.53. The van der Waals surface area contributed by atoms with Gasteiger partial charge in [-0.3, -0.25) is 9.78 Å². The normalized spacial score (nSPS) is 16.9. The number of hydrogen-bond acceptors (Lipinski definition) is 3. The molecule has 0 amide bonds. The highest BCUT2D eigenvalue weighted by Crippen LogP contribution is 2.38. The van der Waals surface area contributed by atoms with E-state index < -0.39 is 0 Å². The monoisotopic (exact) mass is 269 g/mol. The fourth-order valence-electron chi connectivity index (χ4n) is 2.85. The molecule has 0 unspecified atom stereocenters. The highest BCUT2D eigenvalue weighted by Gasteiger charge is 2.38. The van der Waals surface area contributed by atoms with Crippen molar-refractivity contribution in [2.75, 3.05) is 7.11 Å². The zero-order chi connectivity index (χ0) is 14.0. The molecule has 0 aliphatic heterocycles. The molecule has 1 aromatic heterocycles. The molecule has 1 aliphatic rings. The molecule has 2 aromatic rings. The van der Waals surface area contributed by atoms with Crippen LogP contribution in [-0.2, 0) is 16.0 Å². The van der Waals surface area contributed by atoms with Crippen molar-refractivity contribution in [2.24, 2.45) is 0 Å². The van der Waals surface area contributed by atoms with Gasteiger partial charge in [0.1, 0.15) is 5.78 Å². The summed E-state index contributed by atoms with van der Waals surface area (Å²) in [6, 6.07) is 11.9. The number of pyridine rings is 1. The second kappa shape index (κ2) is 5.33. The van der Waals surface area contributed by atoms with Crippen LogP contribution in [-0.4, -0.2) is 23.5 Å². The van der Waals surface area contributed by atoms with Gasteiger partial charge < -0.3 is 4.74 Å². The summed E-state index contributed by atoms with van der Waals surface area (Å²) in [6.07, 6.45) is 4.07. The van der Waals surface area contributed by atoms with Crippen LogP contribution in [0, 0.1) is 0 Å². The Hall–Kier alpha value is -1.74. The van der Waals surface area contributed by atoms with Crippen LogP contribution >= 0.6 is 0 Å². The van der Waals surface area contributed by atoms with Crippen molar-refractivity contribution in [1.82, 2.24) is 4.98 Å². The first-order valence-electron chi connectivity index (χ1n) is 7.12. The maximum atomic E-state index is 12.2. The zero-order valence-corrected chi connectivity index (χ0v) is 11.8. The molecule has 1 heterocycles. The highest BCUT2D eigenvalue weighted by molar-refractivity contribution is 5.83. The summed E-state index contributed by atoms with van der Waals surface area (Å²) in [5.74, 6) is 0.217. The molecule has 0 radical (unpaired) electrons. The van der Waals surface area contributed by atoms with Crippen molar-refractivity contribution in [2.45, 2.75) is 37.7 Å². The number of nitrogens with zero attached hydrogens (tertiary/aromatic N) is 1. The van der Waals surface area contributed by atoms with Gasteiger partial charge in [0.05, 0.1) is 11.1 Å². The van der Waals surface area contributed by atoms with Gasteiger partial charge in [-0.15, -0.1) is 0 Å². The number of methoxy groups -OCH3 is 1. The number of carbonyl (C=O) groups is 1. The number of benzene rings is 1. The summed E-state index contributed by atoms with van der Waals surface area (Å²) in [6.45, 7) is 0. The Labute approximate surface area is 119 Å². The van der Waals surface area contributed by atoms with E-state index in [0.29, 0.717) is 12.8 Å². The van der Waals surface area contributed by atoms with E-state index in [0.717, 1.165) is 35.9 Å². The topological polar surface area (TPSA) is 39.2 Å². The second-order valence-electron chi connectivity index (χ2n) is 5.63. The highest BCUT2D eigenvalue weighted by atomic mass is 16.5. The lowest BCUT2D eigenvalue weighted by molar-refractivity contribution is -0.131. The molecule has 1 fully saturated rings. The molecule has 0 spiro atoms. The van der Waals surface area contributed by atoms with E-state index >= 15 is 0 Å². The summed E-state index contributed by atoms with van der Waals surface area (Å²) in [4.78, 5) is 16.7. The molecule has 0 saturated heterocycles. The standard InChI is InChI=1S/C17H19NO2/c1-20-17(9-4-10-17)12-15(19)11-14-8-7-13-5-2-3-6-16(13)18-14/h2-3,5-8H,4,9-12H2,1H3. The second-order valence-corrected chi connectivity index (χ2v) is 5.63. The first-order valence-corrected chi connectivity index (χ1v) is 7.12. The molecule has 3 nitrogen and oxygen atoms in total. The number of fused-ring (bicyclic) bond motifs is 1. The third-order valence-corrected chi connectivity index (χ3v) is 4.25. The van der Waals surface area contributed by atoms with Gasteiger partial charge in [0.15, 0.2) is 0 Å². The van der Waals surface area contributed by atoms with E-state index in [4.69, 9.17) is 4.74 Å². The molecule has 0 atom stereocenters. The van der Waals surface area contributed by atoms with Gasteiger partial charge in [0.2, 0.25) is 0 Å². The number of aromatic nitrogens is 1. The van der Waals surface area contributed by atoms with Gasteiger partial charge in [-0.1, -0.05) is 24.3 Å². The molecule has 1 aromatic carbocycles. The lowest BCUT2D eigenvalue weighted by Crippen LogP contribution is -2.41. The largest absolute Gasteiger partial charge is 0.378 e. The maximum absolute atomic E-state index is 12.2. The van der Waals surface area contributed by atoms with E-state index in [2.05, 4.69) is 4.98 Å². The van der Waals surface area contributed by atoms with Crippen LogP contribution < -0.4 is 0 Å². The summed E-state index contributed by atoms with van der Waals surface area (Å²) in [5.41, 5.74) is 1.61. The minimum absolute atomic E-state index is 0.187. The summed E-state index contributed by atoms with van der Waals surface area (Å²) in [7, 11) is 1.71. The number of ketones is 1. The molecular formula is C17H19NO2. The predicted molar refractivity (Wildman–Crippen MR) is 78.7 cm³/mol. The first kappa shape index (κ1) is 13.3. The van der Waals surface area contributed by atoms with E-state index in [1.54, 1.807) is 7.11 Å². The van der Waals surface area contributed by atoms with Gasteiger partial charge in [0, 0.05) is 31.0 Å². The smallest absolute Gasteiger partial charge is 0.141 e. The van der Waals surface area contributed by atoms with Crippen LogP contribution in [0.2, 0.25) is 0 Å². The Morgan fingerprint density at radius 3 is 2.75 bits per heavy atom. The predicted octanol–water partition coefficient (Wildman–Crippen LogP) is 3.31. The minimum Gasteiger partial charge on any atom is -0.378 e. The zero-order valence-electron chi connectivity index (χ0n) is 11.8. The SMILES string of the molecule is COC1(CC(=O)Cc2ccc3ccccc3n2)CCC1. The number of Topliss-reactive ketones (excluding diaryl/α,β-unsaturated/α-hetero) is 1. The molecule has 1 aliphatic carbocycles. The molecule has 0 bridgehead atoms. The maximum Gasteiger partial charge on any atom is 0.141 e. The first-order chi connectivity index (χ1) is 9.71. The van der Waals surface area contributed by atoms with E-state index in [1.807, 2.05) is 36.4 Å². The summed E-state index contributed by atoms with van der Waals surface area (Å²) in [5, 5.41) is 1.11. The Balaban J connectivity index is 1.71. The average molecular weight is 269 g/mol. The quantitative estimate of drug-likeness (QED) is 0.836. The van der Waals surface area contributed by atoms with Crippen molar-refractivity contribution >= 4 is 16.7 Å². The lowest BCUT2D eigenvalue weighted by Gasteiger charge is -2.40. The molecule has 3 rings (SSSR count). The molecule has 0 N–H and O–H groups in total. The molecule has 3 heteroatoms. The average Bonchev–Trinajstić information content (AvgIpc) is 2.43. The van der Waals surface area contributed by atoms with Gasteiger partial charge in [-0.2, -0.15) is 0 Å². The van der Waals surface area contributed by atoms with Gasteiger partial charge in [0.25, 0.3) is 0 Å². The number of hydrogen-bond donors (Lipinski definition) is 0. The van der Waals surface area contributed by atoms with Gasteiger partial charge >= 0.3 is 0 Å². The molecular weight excluding hydrogens is 250 g/mol. The fourth-order valence-corrected chi connectivity index (χ4v) is 2.85. The third-order valence-electron chi connectivity index (χ3n) is 4.25. The number of para-hydroxylation sites is 1. The van der Waals surface area contributed by atoms with Crippen LogP contribution in [0.15, 0.2) is 36.4 Å². The minimum atomic E-state index is -0.187. The number of ether oxygens (including phenoxy) is 1.